The van der Waals surface area contributed by atoms with Gasteiger partial charge in [0.25, 0.3) is 0 Å². The summed E-state index contributed by atoms with van der Waals surface area (Å²) < 4.78 is 26.7. The summed E-state index contributed by atoms with van der Waals surface area (Å²) in [6, 6.07) is 9.52. The van der Waals surface area contributed by atoms with Crippen LogP contribution in [0.2, 0.25) is 0 Å². The summed E-state index contributed by atoms with van der Waals surface area (Å²) in [6.45, 7) is 0.245. The van der Waals surface area contributed by atoms with Crippen LogP contribution in [0.4, 0.5) is 20.4 Å². The molecule has 1 aromatic heterocycles. The second-order valence-corrected chi connectivity index (χ2v) is 3.96. The lowest BCUT2D eigenvalue weighted by Gasteiger charge is -2.09. The van der Waals surface area contributed by atoms with Gasteiger partial charge in [-0.05, 0) is 17.7 Å². The summed E-state index contributed by atoms with van der Waals surface area (Å²) in [5.41, 5.74) is 3.32. The SMILES string of the molecule is N#Cc1cccc(CNc2nc(NN)c(F)cc2F)c1. The largest absolute Gasteiger partial charge is 0.363 e. The van der Waals surface area contributed by atoms with Crippen molar-refractivity contribution in [2.24, 2.45) is 5.84 Å². The maximum atomic E-state index is 13.5. The summed E-state index contributed by atoms with van der Waals surface area (Å²) >= 11 is 0. The van der Waals surface area contributed by atoms with Crippen LogP contribution in [0.1, 0.15) is 11.1 Å². The minimum atomic E-state index is -0.873. The Balaban J connectivity index is 2.16. The molecule has 2 rings (SSSR count). The van der Waals surface area contributed by atoms with Crippen molar-refractivity contribution in [1.29, 1.82) is 5.26 Å². The number of nitrogens with one attached hydrogen (secondary N) is 2. The van der Waals surface area contributed by atoms with Gasteiger partial charge in [0, 0.05) is 12.6 Å². The zero-order valence-electron chi connectivity index (χ0n) is 10.3. The molecule has 1 heterocycles. The van der Waals surface area contributed by atoms with E-state index in [-0.39, 0.29) is 18.2 Å². The Hall–Kier alpha value is -2.72. The number of nitrogens with two attached hydrogens (primary N) is 1. The quantitative estimate of drug-likeness (QED) is 0.587. The molecule has 0 unspecified atom stereocenters. The van der Waals surface area contributed by atoms with Crippen LogP contribution < -0.4 is 16.6 Å². The van der Waals surface area contributed by atoms with Gasteiger partial charge in [-0.15, -0.1) is 0 Å². The van der Waals surface area contributed by atoms with E-state index < -0.39 is 11.6 Å². The van der Waals surface area contributed by atoms with Crippen molar-refractivity contribution in [2.75, 3.05) is 10.7 Å². The van der Waals surface area contributed by atoms with Gasteiger partial charge in [-0.3, -0.25) is 0 Å². The van der Waals surface area contributed by atoms with Gasteiger partial charge in [0.2, 0.25) is 0 Å². The van der Waals surface area contributed by atoms with Crippen LogP contribution in [-0.4, -0.2) is 4.98 Å². The summed E-state index contributed by atoms with van der Waals surface area (Å²) in [5.74, 6) is 3.01. The van der Waals surface area contributed by atoms with Gasteiger partial charge in [0.1, 0.15) is 0 Å². The van der Waals surface area contributed by atoms with Crippen LogP contribution in [-0.2, 0) is 6.54 Å². The third-order valence-electron chi connectivity index (χ3n) is 2.58. The second-order valence-electron chi connectivity index (χ2n) is 3.96. The first-order valence-electron chi connectivity index (χ1n) is 5.69. The fourth-order valence-electron chi connectivity index (χ4n) is 1.63. The van der Waals surface area contributed by atoms with E-state index in [1.165, 1.54) is 0 Å². The molecule has 0 radical (unpaired) electrons. The highest BCUT2D eigenvalue weighted by molar-refractivity contribution is 5.47. The molecule has 102 valence electrons. The number of hydrazine groups is 1. The summed E-state index contributed by atoms with van der Waals surface area (Å²) in [4.78, 5) is 3.69. The standard InChI is InChI=1S/C13H11F2N5/c14-10-5-11(15)13(20-17)19-12(10)18-7-9-3-1-2-8(4-9)6-16/h1-5H,7,17H2,(H2,18,19,20). The third kappa shape index (κ3) is 2.99. The first-order chi connectivity index (χ1) is 9.63. The molecule has 0 aliphatic heterocycles. The zero-order valence-corrected chi connectivity index (χ0v) is 10.3. The molecular weight excluding hydrogens is 264 g/mol. The fraction of sp³-hybridized carbons (Fsp3) is 0.0769. The summed E-state index contributed by atoms with van der Waals surface area (Å²) in [6.07, 6.45) is 0. The van der Waals surface area contributed by atoms with Gasteiger partial charge in [-0.2, -0.15) is 5.26 Å². The molecule has 20 heavy (non-hydrogen) atoms. The van der Waals surface area contributed by atoms with E-state index in [1.807, 2.05) is 11.5 Å². The molecule has 0 saturated heterocycles. The van der Waals surface area contributed by atoms with Gasteiger partial charge >= 0.3 is 0 Å². The van der Waals surface area contributed by atoms with Crippen LogP contribution in [0.3, 0.4) is 0 Å². The van der Waals surface area contributed by atoms with Crippen molar-refractivity contribution in [3.63, 3.8) is 0 Å². The van der Waals surface area contributed by atoms with E-state index in [9.17, 15) is 8.78 Å². The van der Waals surface area contributed by atoms with Crippen molar-refractivity contribution >= 4 is 11.6 Å². The number of hydrogen-bond donors (Lipinski definition) is 3. The number of halogens is 2. The number of nitrogen functional groups attached to an aromatic ring is 1. The Morgan fingerprint density at radius 1 is 1.20 bits per heavy atom. The molecule has 0 atom stereocenters. The molecule has 5 nitrogen and oxygen atoms in total. The first kappa shape index (κ1) is 13.7. The maximum Gasteiger partial charge on any atom is 0.178 e. The van der Waals surface area contributed by atoms with Crippen LogP contribution in [0, 0.1) is 23.0 Å². The third-order valence-corrected chi connectivity index (χ3v) is 2.58. The van der Waals surface area contributed by atoms with Gasteiger partial charge in [0.15, 0.2) is 23.3 Å². The number of hydrogen-bond acceptors (Lipinski definition) is 5. The molecule has 0 aliphatic rings. The van der Waals surface area contributed by atoms with E-state index in [2.05, 4.69) is 10.3 Å². The van der Waals surface area contributed by atoms with E-state index in [1.54, 1.807) is 24.3 Å². The molecular formula is C13H11F2N5. The Kier molecular flexibility index (Phi) is 4.08. The lowest BCUT2D eigenvalue weighted by Crippen LogP contribution is -2.13. The number of nitriles is 1. The van der Waals surface area contributed by atoms with Gasteiger partial charge in [-0.25, -0.2) is 19.6 Å². The highest BCUT2D eigenvalue weighted by Crippen LogP contribution is 2.19. The predicted octanol–water partition coefficient (Wildman–Crippen LogP) is 2.13. The lowest BCUT2D eigenvalue weighted by molar-refractivity contribution is 0.578. The number of nitrogens with zero attached hydrogens (tertiary/aromatic N) is 2. The van der Waals surface area contributed by atoms with E-state index in [0.717, 1.165) is 5.56 Å². The molecule has 4 N–H and O–H groups in total. The Labute approximate surface area is 114 Å². The van der Waals surface area contributed by atoms with Crippen molar-refractivity contribution < 1.29 is 8.78 Å². The van der Waals surface area contributed by atoms with Crippen molar-refractivity contribution in [3.05, 3.63) is 53.1 Å². The van der Waals surface area contributed by atoms with E-state index in [4.69, 9.17) is 11.1 Å². The number of rotatable bonds is 4. The second kappa shape index (κ2) is 5.95. The molecule has 0 saturated carbocycles. The van der Waals surface area contributed by atoms with E-state index in [0.29, 0.717) is 11.6 Å². The number of benzene rings is 1. The number of pyridine rings is 1. The number of aromatic nitrogens is 1. The average Bonchev–Trinajstić information content (AvgIpc) is 2.46. The van der Waals surface area contributed by atoms with Gasteiger partial charge < -0.3 is 10.7 Å². The van der Waals surface area contributed by atoms with Crippen molar-refractivity contribution in [1.82, 2.24) is 4.98 Å². The van der Waals surface area contributed by atoms with Crippen molar-refractivity contribution in [3.8, 4) is 6.07 Å². The topological polar surface area (TPSA) is 86.8 Å². The summed E-state index contributed by atoms with van der Waals surface area (Å²) in [5, 5.41) is 11.5. The lowest BCUT2D eigenvalue weighted by atomic mass is 10.1. The Morgan fingerprint density at radius 2 is 1.95 bits per heavy atom. The Bertz CT molecular complexity index is 666. The van der Waals surface area contributed by atoms with Crippen LogP contribution >= 0.6 is 0 Å². The molecule has 0 bridgehead atoms. The molecule has 0 aliphatic carbocycles. The van der Waals surface area contributed by atoms with E-state index >= 15 is 0 Å². The maximum absolute atomic E-state index is 13.5. The molecule has 0 spiro atoms. The van der Waals surface area contributed by atoms with Crippen LogP contribution in [0.25, 0.3) is 0 Å². The van der Waals surface area contributed by atoms with Crippen LogP contribution in [0.5, 0.6) is 0 Å². The zero-order chi connectivity index (χ0) is 14.5. The molecule has 7 heteroatoms. The first-order valence-corrected chi connectivity index (χ1v) is 5.69. The normalized spacial score (nSPS) is 9.90. The van der Waals surface area contributed by atoms with Gasteiger partial charge in [-0.1, -0.05) is 12.1 Å². The average molecular weight is 275 g/mol. The number of anilines is 2. The minimum Gasteiger partial charge on any atom is -0.363 e. The predicted molar refractivity (Wildman–Crippen MR) is 70.4 cm³/mol. The fourth-order valence-corrected chi connectivity index (χ4v) is 1.63. The molecule has 2 aromatic rings. The molecule has 0 fully saturated rings. The summed E-state index contributed by atoms with van der Waals surface area (Å²) in [7, 11) is 0. The monoisotopic (exact) mass is 275 g/mol. The highest BCUT2D eigenvalue weighted by atomic mass is 19.1. The smallest absolute Gasteiger partial charge is 0.178 e. The molecule has 0 amide bonds. The van der Waals surface area contributed by atoms with Crippen LogP contribution in [0.15, 0.2) is 30.3 Å². The highest BCUT2D eigenvalue weighted by Gasteiger charge is 2.10. The Morgan fingerprint density at radius 3 is 2.65 bits per heavy atom. The van der Waals surface area contributed by atoms with Gasteiger partial charge in [0.05, 0.1) is 11.6 Å². The molecule has 1 aromatic carbocycles. The minimum absolute atomic E-state index is 0.123. The van der Waals surface area contributed by atoms with Crippen molar-refractivity contribution in [2.45, 2.75) is 6.54 Å².